The van der Waals surface area contributed by atoms with E-state index in [4.69, 9.17) is 0 Å². The monoisotopic (exact) mass is 410 g/mol. The predicted molar refractivity (Wildman–Crippen MR) is 133 cm³/mol. The molecule has 0 aromatic rings. The van der Waals surface area contributed by atoms with Crippen LogP contribution in [0.1, 0.15) is 119 Å². The first-order valence-electron chi connectivity index (χ1n) is 12.0. The highest BCUT2D eigenvalue weighted by atomic mass is 32.2. The van der Waals surface area contributed by atoms with E-state index in [1.807, 2.05) is 0 Å². The topological polar surface area (TPSA) is 0 Å². The lowest BCUT2D eigenvalue weighted by molar-refractivity contribution is 0.568. The fourth-order valence-electron chi connectivity index (χ4n) is 4.55. The molecule has 0 nitrogen and oxygen atoms in total. The Labute approximate surface area is 178 Å². The molecule has 27 heavy (non-hydrogen) atoms. The zero-order valence-corrected chi connectivity index (χ0v) is 21.6. The molecule has 0 saturated heterocycles. The number of hydrogen-bond acceptors (Lipinski definition) is 1. The van der Waals surface area contributed by atoms with Crippen LogP contribution in [-0.2, 0) is 0 Å². The van der Waals surface area contributed by atoms with Gasteiger partial charge >= 0.3 is 0 Å². The van der Waals surface area contributed by atoms with Crippen molar-refractivity contribution in [2.24, 2.45) is 0 Å². The molecule has 0 aromatic carbocycles. The molecule has 0 aliphatic rings. The third kappa shape index (κ3) is 11.7. The molecular formula is C25H50SSi. The summed E-state index contributed by atoms with van der Waals surface area (Å²) in [6.45, 7) is 16.7. The van der Waals surface area contributed by atoms with E-state index in [2.05, 4.69) is 71.7 Å². The van der Waals surface area contributed by atoms with Crippen LogP contribution in [0.25, 0.3) is 0 Å². The lowest BCUT2D eigenvalue weighted by atomic mass is 10.1. The second kappa shape index (κ2) is 17.0. The van der Waals surface area contributed by atoms with Gasteiger partial charge in [-0.05, 0) is 47.4 Å². The maximum absolute atomic E-state index is 3.86. The van der Waals surface area contributed by atoms with E-state index >= 15 is 0 Å². The van der Waals surface area contributed by atoms with Crippen LogP contribution in [0.15, 0.2) is 0 Å². The molecule has 0 bridgehead atoms. The Morgan fingerprint density at radius 1 is 0.630 bits per heavy atom. The van der Waals surface area contributed by atoms with Gasteiger partial charge in [0.05, 0.1) is 0 Å². The second-order valence-electron chi connectivity index (χ2n) is 9.24. The molecule has 0 atom stereocenters. The zero-order valence-electron chi connectivity index (χ0n) is 19.8. The summed E-state index contributed by atoms with van der Waals surface area (Å²) in [7, 11) is -1.50. The van der Waals surface area contributed by atoms with Crippen molar-refractivity contribution in [1.82, 2.24) is 0 Å². The Morgan fingerprint density at radius 2 is 1.07 bits per heavy atom. The van der Waals surface area contributed by atoms with Gasteiger partial charge in [-0.2, -0.15) is 11.8 Å². The summed E-state index contributed by atoms with van der Waals surface area (Å²) in [5, 5.41) is 0. The molecule has 160 valence electrons. The highest BCUT2D eigenvalue weighted by Gasteiger charge is 2.41. The summed E-state index contributed by atoms with van der Waals surface area (Å²) < 4.78 is 0. The average Bonchev–Trinajstić information content (AvgIpc) is 2.60. The number of hydrogen-bond donors (Lipinski definition) is 0. The van der Waals surface area contributed by atoms with Crippen LogP contribution in [0.5, 0.6) is 0 Å². The zero-order chi connectivity index (χ0) is 20.5. The third-order valence-electron chi connectivity index (χ3n) is 6.11. The summed E-state index contributed by atoms with van der Waals surface area (Å²) in [6.07, 6.45) is 15.2. The lowest BCUT2D eigenvalue weighted by Crippen LogP contribution is -2.43. The SMILES string of the molecule is CCCSCCCCCCCCCCCC#C[Si](C(C)C)(C(C)C)C(C)C. The summed E-state index contributed by atoms with van der Waals surface area (Å²) in [6, 6.07) is 0. The van der Waals surface area contributed by atoms with Gasteiger partial charge in [-0.15, -0.1) is 11.5 Å². The highest BCUT2D eigenvalue weighted by molar-refractivity contribution is 7.99. The van der Waals surface area contributed by atoms with E-state index < -0.39 is 8.07 Å². The van der Waals surface area contributed by atoms with E-state index in [9.17, 15) is 0 Å². The van der Waals surface area contributed by atoms with Crippen LogP contribution in [-0.4, -0.2) is 19.6 Å². The molecule has 0 heterocycles. The van der Waals surface area contributed by atoms with E-state index in [-0.39, 0.29) is 0 Å². The minimum Gasteiger partial charge on any atom is -0.162 e. The fraction of sp³-hybridized carbons (Fsp3) is 0.920. The number of rotatable bonds is 16. The summed E-state index contributed by atoms with van der Waals surface area (Å²) in [5.41, 5.74) is 6.14. The Hall–Kier alpha value is 0.127. The van der Waals surface area contributed by atoms with Gasteiger partial charge in [0.15, 0.2) is 0 Å². The van der Waals surface area contributed by atoms with Gasteiger partial charge in [-0.25, -0.2) is 0 Å². The van der Waals surface area contributed by atoms with Gasteiger partial charge in [0, 0.05) is 6.42 Å². The van der Waals surface area contributed by atoms with E-state index in [0.717, 1.165) is 23.0 Å². The van der Waals surface area contributed by atoms with Crippen molar-refractivity contribution >= 4 is 19.8 Å². The van der Waals surface area contributed by atoms with Crippen LogP contribution < -0.4 is 0 Å². The third-order valence-corrected chi connectivity index (χ3v) is 13.7. The smallest absolute Gasteiger partial charge is 0.145 e. The van der Waals surface area contributed by atoms with Crippen molar-refractivity contribution in [2.45, 2.75) is 136 Å². The molecule has 2 heteroatoms. The van der Waals surface area contributed by atoms with Gasteiger partial charge in [0.1, 0.15) is 8.07 Å². The predicted octanol–water partition coefficient (Wildman–Crippen LogP) is 9.25. The quantitative estimate of drug-likeness (QED) is 0.139. The van der Waals surface area contributed by atoms with Crippen LogP contribution >= 0.6 is 11.8 Å². The molecule has 0 saturated carbocycles. The Balaban J connectivity index is 3.76. The average molecular weight is 411 g/mol. The maximum Gasteiger partial charge on any atom is 0.145 e. The maximum atomic E-state index is 3.86. The van der Waals surface area contributed by atoms with Crippen LogP contribution in [0.2, 0.25) is 16.6 Å². The van der Waals surface area contributed by atoms with Gasteiger partial charge in [0.25, 0.3) is 0 Å². The number of thioether (sulfide) groups is 1. The van der Waals surface area contributed by atoms with Gasteiger partial charge < -0.3 is 0 Å². The van der Waals surface area contributed by atoms with Crippen LogP contribution in [0.3, 0.4) is 0 Å². The first-order valence-corrected chi connectivity index (χ1v) is 15.4. The second-order valence-corrected chi connectivity index (χ2v) is 16.0. The van der Waals surface area contributed by atoms with Crippen molar-refractivity contribution in [3.8, 4) is 11.5 Å². The van der Waals surface area contributed by atoms with E-state index in [0.29, 0.717) is 0 Å². The van der Waals surface area contributed by atoms with E-state index in [1.54, 1.807) is 0 Å². The molecule has 0 radical (unpaired) electrons. The summed E-state index contributed by atoms with van der Waals surface area (Å²) in [4.78, 5) is 0. The molecular weight excluding hydrogens is 360 g/mol. The summed E-state index contributed by atoms with van der Waals surface area (Å²) >= 11 is 2.13. The van der Waals surface area contributed by atoms with E-state index in [1.165, 1.54) is 75.7 Å². The molecule has 0 amide bonds. The molecule has 0 spiro atoms. The minimum absolute atomic E-state index is 0.759. The van der Waals surface area contributed by atoms with Crippen molar-refractivity contribution < 1.29 is 0 Å². The largest absolute Gasteiger partial charge is 0.162 e. The van der Waals surface area contributed by atoms with Crippen molar-refractivity contribution in [3.63, 3.8) is 0 Å². The van der Waals surface area contributed by atoms with Crippen molar-refractivity contribution in [2.75, 3.05) is 11.5 Å². The highest BCUT2D eigenvalue weighted by Crippen LogP contribution is 2.40. The summed E-state index contributed by atoms with van der Waals surface area (Å²) in [5.74, 6) is 6.35. The Kier molecular flexibility index (Phi) is 17.1. The van der Waals surface area contributed by atoms with Gasteiger partial charge in [-0.3, -0.25) is 0 Å². The molecule has 0 N–H and O–H groups in total. The van der Waals surface area contributed by atoms with Crippen LogP contribution in [0, 0.1) is 11.5 Å². The lowest BCUT2D eigenvalue weighted by Gasteiger charge is -2.38. The fourth-order valence-corrected chi connectivity index (χ4v) is 10.7. The molecule has 0 aliphatic heterocycles. The Bertz CT molecular complexity index is 367. The first-order chi connectivity index (χ1) is 12.9. The van der Waals surface area contributed by atoms with Gasteiger partial charge in [0.2, 0.25) is 0 Å². The number of unbranched alkanes of at least 4 members (excludes halogenated alkanes) is 9. The first kappa shape index (κ1) is 27.1. The normalized spacial score (nSPS) is 12.1. The Morgan fingerprint density at radius 3 is 1.52 bits per heavy atom. The molecule has 0 rings (SSSR count). The molecule has 0 fully saturated rings. The van der Waals surface area contributed by atoms with Crippen molar-refractivity contribution in [1.29, 1.82) is 0 Å². The minimum atomic E-state index is -1.50. The molecule has 0 aliphatic carbocycles. The van der Waals surface area contributed by atoms with Crippen molar-refractivity contribution in [3.05, 3.63) is 0 Å². The molecule has 0 aromatic heterocycles. The molecule has 0 unspecified atom stereocenters. The van der Waals surface area contributed by atoms with Gasteiger partial charge in [-0.1, -0.05) is 93.4 Å². The standard InChI is InChI=1S/C25H50SSi/c1-8-20-26-21-18-16-14-12-10-9-11-13-15-17-19-22-27(23(2)3,24(4)5)25(6)7/h23-25H,8-18,20-21H2,1-7H3. The van der Waals surface area contributed by atoms with Crippen LogP contribution in [0.4, 0.5) is 0 Å².